The minimum absolute atomic E-state index is 0.0461. The van der Waals surface area contributed by atoms with Crippen molar-refractivity contribution in [2.75, 3.05) is 10.0 Å². The van der Waals surface area contributed by atoms with Gasteiger partial charge in [0.2, 0.25) is 15.9 Å². The fourth-order valence-electron chi connectivity index (χ4n) is 4.19. The third kappa shape index (κ3) is 2.98. The standard InChI is InChI=1S/C20H22N2O3S/c1-14-5-4-6-15(11-14)13-26(24,25)22-16-7-8-18-17(12-16)20(19(23)21-18)9-2-3-10-20/h4-8,11-12,22H,2-3,9-10,13H2,1H3,(H,21,23). The van der Waals surface area contributed by atoms with E-state index in [-0.39, 0.29) is 11.7 Å². The van der Waals surface area contributed by atoms with E-state index in [4.69, 9.17) is 0 Å². The molecular weight excluding hydrogens is 348 g/mol. The maximum absolute atomic E-state index is 12.6. The molecule has 4 rings (SSSR count). The highest BCUT2D eigenvalue weighted by Crippen LogP contribution is 2.49. The van der Waals surface area contributed by atoms with Gasteiger partial charge in [-0.1, -0.05) is 42.7 Å². The summed E-state index contributed by atoms with van der Waals surface area (Å²) in [4.78, 5) is 12.5. The summed E-state index contributed by atoms with van der Waals surface area (Å²) in [5.74, 6) is -0.0292. The Hall–Kier alpha value is -2.34. The molecule has 0 saturated heterocycles. The van der Waals surface area contributed by atoms with Crippen LogP contribution >= 0.6 is 0 Å². The van der Waals surface area contributed by atoms with Crippen LogP contribution in [0.25, 0.3) is 0 Å². The van der Waals surface area contributed by atoms with Crippen molar-refractivity contribution < 1.29 is 13.2 Å². The van der Waals surface area contributed by atoms with Crippen molar-refractivity contribution in [2.45, 2.75) is 43.8 Å². The molecule has 1 fully saturated rings. The van der Waals surface area contributed by atoms with Crippen LogP contribution in [0.4, 0.5) is 11.4 Å². The molecular formula is C20H22N2O3S. The van der Waals surface area contributed by atoms with Crippen molar-refractivity contribution in [3.63, 3.8) is 0 Å². The fourth-order valence-corrected chi connectivity index (χ4v) is 5.37. The van der Waals surface area contributed by atoms with E-state index < -0.39 is 15.4 Å². The zero-order valence-electron chi connectivity index (χ0n) is 14.7. The SMILES string of the molecule is Cc1cccc(CS(=O)(=O)Nc2ccc3c(c2)C2(CCCC2)C(=O)N3)c1. The Morgan fingerprint density at radius 3 is 2.62 bits per heavy atom. The average Bonchev–Trinajstić information content (AvgIpc) is 3.15. The van der Waals surface area contributed by atoms with Gasteiger partial charge in [-0.3, -0.25) is 9.52 Å². The van der Waals surface area contributed by atoms with Crippen LogP contribution in [0.1, 0.15) is 42.4 Å². The zero-order valence-corrected chi connectivity index (χ0v) is 15.5. The molecule has 0 aromatic heterocycles. The Bertz CT molecular complexity index is 976. The van der Waals surface area contributed by atoms with E-state index in [0.29, 0.717) is 5.69 Å². The average molecular weight is 370 g/mol. The number of fused-ring (bicyclic) bond motifs is 2. The smallest absolute Gasteiger partial charge is 0.236 e. The first kappa shape index (κ1) is 17.1. The molecule has 6 heteroatoms. The van der Waals surface area contributed by atoms with E-state index >= 15 is 0 Å². The summed E-state index contributed by atoms with van der Waals surface area (Å²) in [5, 5.41) is 2.95. The molecule has 0 bridgehead atoms. The summed E-state index contributed by atoms with van der Waals surface area (Å²) in [5.41, 5.74) is 3.55. The van der Waals surface area contributed by atoms with Gasteiger partial charge in [-0.25, -0.2) is 8.42 Å². The molecule has 1 spiro atoms. The van der Waals surface area contributed by atoms with Crippen molar-refractivity contribution in [2.24, 2.45) is 0 Å². The molecule has 1 aliphatic carbocycles. The lowest BCUT2D eigenvalue weighted by Gasteiger charge is -2.21. The third-order valence-electron chi connectivity index (χ3n) is 5.39. The van der Waals surface area contributed by atoms with E-state index in [0.717, 1.165) is 48.1 Å². The number of amides is 1. The maximum Gasteiger partial charge on any atom is 0.236 e. The van der Waals surface area contributed by atoms with E-state index in [9.17, 15) is 13.2 Å². The van der Waals surface area contributed by atoms with Gasteiger partial charge in [-0.2, -0.15) is 0 Å². The molecule has 136 valence electrons. The first-order valence-electron chi connectivity index (χ1n) is 8.90. The Kier molecular flexibility index (Phi) is 4.03. The van der Waals surface area contributed by atoms with Crippen molar-refractivity contribution >= 4 is 27.3 Å². The number of nitrogens with one attached hydrogen (secondary N) is 2. The van der Waals surface area contributed by atoms with Gasteiger partial charge >= 0.3 is 0 Å². The van der Waals surface area contributed by atoms with E-state index in [1.54, 1.807) is 12.1 Å². The van der Waals surface area contributed by atoms with Crippen LogP contribution in [0.3, 0.4) is 0 Å². The lowest BCUT2D eigenvalue weighted by atomic mass is 9.80. The molecule has 0 atom stereocenters. The molecule has 26 heavy (non-hydrogen) atoms. The summed E-state index contributed by atoms with van der Waals surface area (Å²) >= 11 is 0. The van der Waals surface area contributed by atoms with Crippen LogP contribution in [0, 0.1) is 6.92 Å². The van der Waals surface area contributed by atoms with Gasteiger partial charge in [0.05, 0.1) is 11.2 Å². The molecule has 2 N–H and O–H groups in total. The number of hydrogen-bond acceptors (Lipinski definition) is 3. The number of rotatable bonds is 4. The Morgan fingerprint density at radius 1 is 1.12 bits per heavy atom. The van der Waals surface area contributed by atoms with Gasteiger partial charge in [0, 0.05) is 11.4 Å². The van der Waals surface area contributed by atoms with Crippen molar-refractivity contribution in [3.8, 4) is 0 Å². The second kappa shape index (κ2) is 6.13. The van der Waals surface area contributed by atoms with Gasteiger partial charge in [0.25, 0.3) is 0 Å². The minimum atomic E-state index is -3.53. The van der Waals surface area contributed by atoms with Gasteiger partial charge in [0.1, 0.15) is 0 Å². The van der Waals surface area contributed by atoms with E-state index in [2.05, 4.69) is 10.0 Å². The van der Waals surface area contributed by atoms with Crippen LogP contribution in [0.15, 0.2) is 42.5 Å². The Labute approximate surface area is 153 Å². The third-order valence-corrected chi connectivity index (χ3v) is 6.65. The molecule has 2 aromatic rings. The summed E-state index contributed by atoms with van der Waals surface area (Å²) in [6.07, 6.45) is 3.70. The number of carbonyl (C=O) groups excluding carboxylic acids is 1. The second-order valence-corrected chi connectivity index (χ2v) is 9.08. The first-order chi connectivity index (χ1) is 12.4. The predicted molar refractivity (Wildman–Crippen MR) is 103 cm³/mol. The molecule has 1 aliphatic heterocycles. The highest BCUT2D eigenvalue weighted by molar-refractivity contribution is 7.91. The summed E-state index contributed by atoms with van der Waals surface area (Å²) in [6, 6.07) is 12.8. The topological polar surface area (TPSA) is 75.3 Å². The summed E-state index contributed by atoms with van der Waals surface area (Å²) < 4.78 is 27.8. The summed E-state index contributed by atoms with van der Waals surface area (Å²) in [7, 11) is -3.53. The lowest BCUT2D eigenvalue weighted by molar-refractivity contribution is -0.120. The highest BCUT2D eigenvalue weighted by atomic mass is 32.2. The van der Waals surface area contributed by atoms with Crippen LogP contribution < -0.4 is 10.0 Å². The van der Waals surface area contributed by atoms with Crippen LogP contribution in [0.5, 0.6) is 0 Å². The quantitative estimate of drug-likeness (QED) is 0.862. The number of hydrogen-bond donors (Lipinski definition) is 2. The number of aryl methyl sites for hydroxylation is 1. The van der Waals surface area contributed by atoms with Crippen molar-refractivity contribution in [1.29, 1.82) is 0 Å². The van der Waals surface area contributed by atoms with Crippen molar-refractivity contribution in [3.05, 3.63) is 59.2 Å². The van der Waals surface area contributed by atoms with Crippen molar-refractivity contribution in [1.82, 2.24) is 0 Å². The van der Waals surface area contributed by atoms with Gasteiger partial charge < -0.3 is 5.32 Å². The van der Waals surface area contributed by atoms with Crippen LogP contribution in [-0.2, 0) is 26.0 Å². The normalized spacial score (nSPS) is 18.0. The monoisotopic (exact) mass is 370 g/mol. The maximum atomic E-state index is 12.6. The van der Waals surface area contributed by atoms with Gasteiger partial charge in [-0.15, -0.1) is 0 Å². The van der Waals surface area contributed by atoms with E-state index in [1.165, 1.54) is 0 Å². The summed E-state index contributed by atoms with van der Waals surface area (Å²) in [6.45, 7) is 1.94. The van der Waals surface area contributed by atoms with E-state index in [1.807, 2.05) is 37.3 Å². The van der Waals surface area contributed by atoms with Crippen LogP contribution in [-0.4, -0.2) is 14.3 Å². The molecule has 2 aliphatic rings. The van der Waals surface area contributed by atoms with Crippen LogP contribution in [0.2, 0.25) is 0 Å². The molecule has 1 amide bonds. The number of sulfonamides is 1. The first-order valence-corrected chi connectivity index (χ1v) is 10.6. The Morgan fingerprint density at radius 2 is 1.88 bits per heavy atom. The number of anilines is 2. The fraction of sp³-hybridized carbons (Fsp3) is 0.350. The zero-order chi connectivity index (χ0) is 18.4. The molecule has 1 saturated carbocycles. The molecule has 0 radical (unpaired) electrons. The highest BCUT2D eigenvalue weighted by Gasteiger charge is 2.48. The molecule has 1 heterocycles. The minimum Gasteiger partial charge on any atom is -0.325 e. The number of carbonyl (C=O) groups is 1. The van der Waals surface area contributed by atoms with Gasteiger partial charge in [0.15, 0.2) is 0 Å². The number of benzene rings is 2. The van der Waals surface area contributed by atoms with Gasteiger partial charge in [-0.05, 0) is 49.1 Å². The lowest BCUT2D eigenvalue weighted by Crippen LogP contribution is -2.31. The molecule has 2 aromatic carbocycles. The molecule has 0 unspecified atom stereocenters. The second-order valence-electron chi connectivity index (χ2n) is 7.35. The predicted octanol–water partition coefficient (Wildman–Crippen LogP) is 3.70. The largest absolute Gasteiger partial charge is 0.325 e. The Balaban J connectivity index is 1.60. The molecule has 5 nitrogen and oxygen atoms in total.